The second kappa shape index (κ2) is 6.14. The van der Waals surface area contributed by atoms with Crippen molar-refractivity contribution in [2.24, 2.45) is 0 Å². The van der Waals surface area contributed by atoms with E-state index in [1.807, 2.05) is 61.5 Å². The molecule has 106 valence electrons. The molecule has 3 nitrogen and oxygen atoms in total. The summed E-state index contributed by atoms with van der Waals surface area (Å²) in [4.78, 5) is 4.59. The molecular formula is C17H14BrNO2. The average Bonchev–Trinajstić information content (AvgIpc) is 2.93. The number of hydrogen-bond donors (Lipinski definition) is 0. The standard InChI is InChI=1S/C17H14BrNO2/c1-2-20-17-15(12-8-10-14(18)11-9-12)19-16(21-17)13-6-4-3-5-7-13/h3-11H,2H2,1H3. The lowest BCUT2D eigenvalue weighted by atomic mass is 10.2. The molecule has 0 saturated carbocycles. The molecule has 0 radical (unpaired) electrons. The number of oxazole rings is 1. The number of rotatable bonds is 4. The second-order valence-electron chi connectivity index (χ2n) is 4.46. The molecule has 0 N–H and O–H groups in total. The number of ether oxygens (including phenoxy) is 1. The molecule has 0 unspecified atom stereocenters. The van der Waals surface area contributed by atoms with Crippen LogP contribution in [0, 0.1) is 0 Å². The van der Waals surface area contributed by atoms with Gasteiger partial charge in [-0.2, -0.15) is 0 Å². The van der Waals surface area contributed by atoms with Crippen molar-refractivity contribution in [2.45, 2.75) is 6.92 Å². The van der Waals surface area contributed by atoms with Gasteiger partial charge in [-0.25, -0.2) is 4.98 Å². The Balaban J connectivity index is 2.06. The second-order valence-corrected chi connectivity index (χ2v) is 5.38. The first-order valence-corrected chi connectivity index (χ1v) is 7.52. The van der Waals surface area contributed by atoms with Gasteiger partial charge in [0.2, 0.25) is 5.89 Å². The molecule has 3 rings (SSSR count). The van der Waals surface area contributed by atoms with Gasteiger partial charge in [-0.15, -0.1) is 0 Å². The minimum Gasteiger partial charge on any atom is -0.464 e. The van der Waals surface area contributed by atoms with Crippen molar-refractivity contribution in [1.82, 2.24) is 4.98 Å². The zero-order valence-electron chi connectivity index (χ0n) is 11.5. The molecule has 4 heteroatoms. The zero-order chi connectivity index (χ0) is 14.7. The lowest BCUT2D eigenvalue weighted by Gasteiger charge is -2.01. The van der Waals surface area contributed by atoms with Gasteiger partial charge in [0, 0.05) is 15.6 Å². The maximum Gasteiger partial charge on any atom is 0.313 e. The van der Waals surface area contributed by atoms with Crippen LogP contribution in [0.5, 0.6) is 5.95 Å². The highest BCUT2D eigenvalue weighted by molar-refractivity contribution is 9.10. The van der Waals surface area contributed by atoms with Gasteiger partial charge in [-0.05, 0) is 31.2 Å². The third-order valence-corrected chi connectivity index (χ3v) is 3.54. The fraction of sp³-hybridized carbons (Fsp3) is 0.118. The first-order chi connectivity index (χ1) is 10.3. The van der Waals surface area contributed by atoms with Gasteiger partial charge in [0.25, 0.3) is 0 Å². The maximum absolute atomic E-state index is 5.78. The van der Waals surface area contributed by atoms with Crippen molar-refractivity contribution in [3.63, 3.8) is 0 Å². The van der Waals surface area contributed by atoms with E-state index in [1.165, 1.54) is 0 Å². The molecule has 0 atom stereocenters. The molecule has 2 aromatic carbocycles. The van der Waals surface area contributed by atoms with Crippen molar-refractivity contribution in [2.75, 3.05) is 6.61 Å². The molecule has 1 heterocycles. The molecule has 0 amide bonds. The summed E-state index contributed by atoms with van der Waals surface area (Å²) >= 11 is 3.43. The normalized spacial score (nSPS) is 10.6. The number of aromatic nitrogens is 1. The summed E-state index contributed by atoms with van der Waals surface area (Å²) in [6, 6.07) is 17.7. The minimum atomic E-state index is 0.457. The van der Waals surface area contributed by atoms with Crippen molar-refractivity contribution < 1.29 is 9.15 Å². The Hall–Kier alpha value is -2.07. The smallest absolute Gasteiger partial charge is 0.313 e. The van der Waals surface area contributed by atoms with Gasteiger partial charge in [0.05, 0.1) is 6.61 Å². The van der Waals surface area contributed by atoms with E-state index in [2.05, 4.69) is 20.9 Å². The van der Waals surface area contributed by atoms with E-state index in [4.69, 9.17) is 9.15 Å². The van der Waals surface area contributed by atoms with Crippen LogP contribution >= 0.6 is 15.9 Å². The molecular weight excluding hydrogens is 330 g/mol. The number of benzene rings is 2. The summed E-state index contributed by atoms with van der Waals surface area (Å²) in [5.74, 6) is 1.02. The van der Waals surface area contributed by atoms with E-state index >= 15 is 0 Å². The molecule has 0 saturated heterocycles. The summed E-state index contributed by atoms with van der Waals surface area (Å²) < 4.78 is 12.4. The molecule has 0 aliphatic rings. The predicted molar refractivity (Wildman–Crippen MR) is 86.2 cm³/mol. The van der Waals surface area contributed by atoms with Crippen LogP contribution in [0.3, 0.4) is 0 Å². The zero-order valence-corrected chi connectivity index (χ0v) is 13.1. The number of halogens is 1. The minimum absolute atomic E-state index is 0.457. The molecule has 3 aromatic rings. The van der Waals surface area contributed by atoms with E-state index in [0.29, 0.717) is 18.4 Å². The lowest BCUT2D eigenvalue weighted by Crippen LogP contribution is -1.91. The van der Waals surface area contributed by atoms with Crippen molar-refractivity contribution in [1.29, 1.82) is 0 Å². The van der Waals surface area contributed by atoms with Crippen LogP contribution in [-0.4, -0.2) is 11.6 Å². The summed E-state index contributed by atoms with van der Waals surface area (Å²) in [7, 11) is 0. The van der Waals surface area contributed by atoms with Gasteiger partial charge in [0.1, 0.15) is 0 Å². The SMILES string of the molecule is CCOc1oc(-c2ccccc2)nc1-c1ccc(Br)cc1. The van der Waals surface area contributed by atoms with Crippen molar-refractivity contribution >= 4 is 15.9 Å². The summed E-state index contributed by atoms with van der Waals surface area (Å²) in [5, 5.41) is 0. The van der Waals surface area contributed by atoms with E-state index in [0.717, 1.165) is 21.3 Å². The molecule has 21 heavy (non-hydrogen) atoms. The highest BCUT2D eigenvalue weighted by Crippen LogP contribution is 2.34. The maximum atomic E-state index is 5.78. The van der Waals surface area contributed by atoms with E-state index in [-0.39, 0.29) is 0 Å². The van der Waals surface area contributed by atoms with Crippen LogP contribution in [0.15, 0.2) is 63.5 Å². The third-order valence-electron chi connectivity index (χ3n) is 3.01. The Labute approximate surface area is 131 Å². The van der Waals surface area contributed by atoms with Gasteiger partial charge in [-0.3, -0.25) is 0 Å². The number of hydrogen-bond acceptors (Lipinski definition) is 3. The molecule has 0 aliphatic carbocycles. The van der Waals surface area contributed by atoms with Crippen LogP contribution in [-0.2, 0) is 0 Å². The molecule has 1 aromatic heterocycles. The highest BCUT2D eigenvalue weighted by Gasteiger charge is 2.17. The Kier molecular flexibility index (Phi) is 4.06. The fourth-order valence-corrected chi connectivity index (χ4v) is 2.29. The van der Waals surface area contributed by atoms with Gasteiger partial charge < -0.3 is 9.15 Å². The van der Waals surface area contributed by atoms with E-state index in [1.54, 1.807) is 0 Å². The monoisotopic (exact) mass is 343 g/mol. The largest absolute Gasteiger partial charge is 0.464 e. The quantitative estimate of drug-likeness (QED) is 0.655. The Bertz CT molecular complexity index is 720. The predicted octanol–water partition coefficient (Wildman–Crippen LogP) is 5.17. The summed E-state index contributed by atoms with van der Waals surface area (Å²) in [5.41, 5.74) is 2.62. The van der Waals surface area contributed by atoms with E-state index < -0.39 is 0 Å². The average molecular weight is 344 g/mol. The van der Waals surface area contributed by atoms with E-state index in [9.17, 15) is 0 Å². The van der Waals surface area contributed by atoms with Crippen molar-refractivity contribution in [3.8, 4) is 28.7 Å². The Morgan fingerprint density at radius 3 is 2.38 bits per heavy atom. The van der Waals surface area contributed by atoms with Gasteiger partial charge in [-0.1, -0.05) is 46.3 Å². The Morgan fingerprint density at radius 2 is 1.71 bits per heavy atom. The van der Waals surface area contributed by atoms with Gasteiger partial charge >= 0.3 is 5.95 Å². The van der Waals surface area contributed by atoms with Crippen molar-refractivity contribution in [3.05, 3.63) is 59.1 Å². The molecule has 0 bridgehead atoms. The molecule has 0 fully saturated rings. The summed E-state index contributed by atoms with van der Waals surface area (Å²) in [6.07, 6.45) is 0. The Morgan fingerprint density at radius 1 is 1.00 bits per heavy atom. The van der Waals surface area contributed by atoms with Gasteiger partial charge in [0.15, 0.2) is 5.69 Å². The molecule has 0 spiro atoms. The number of nitrogens with zero attached hydrogens (tertiary/aromatic N) is 1. The van der Waals surface area contributed by atoms with Crippen LogP contribution in [0.2, 0.25) is 0 Å². The third kappa shape index (κ3) is 3.00. The first-order valence-electron chi connectivity index (χ1n) is 6.73. The lowest BCUT2D eigenvalue weighted by molar-refractivity contribution is 0.262. The topological polar surface area (TPSA) is 35.3 Å². The first kappa shape index (κ1) is 13.9. The van der Waals surface area contributed by atoms with Crippen LogP contribution in [0.25, 0.3) is 22.7 Å². The van der Waals surface area contributed by atoms with Crippen LogP contribution in [0.4, 0.5) is 0 Å². The molecule has 0 aliphatic heterocycles. The fourth-order valence-electron chi connectivity index (χ4n) is 2.03. The van der Waals surface area contributed by atoms with Crippen LogP contribution < -0.4 is 4.74 Å². The van der Waals surface area contributed by atoms with Crippen LogP contribution in [0.1, 0.15) is 6.92 Å². The highest BCUT2D eigenvalue weighted by atomic mass is 79.9. The summed E-state index contributed by atoms with van der Waals surface area (Å²) in [6.45, 7) is 2.46.